The van der Waals surface area contributed by atoms with Crippen LogP contribution in [0.3, 0.4) is 0 Å². The zero-order valence-electron chi connectivity index (χ0n) is 14.8. The van der Waals surface area contributed by atoms with E-state index in [1.54, 1.807) is 25.2 Å². The molecule has 1 aliphatic rings. The van der Waals surface area contributed by atoms with Crippen LogP contribution in [0.4, 0.5) is 10.5 Å². The topological polar surface area (TPSA) is 89.9 Å². The number of carboxylic acids is 1. The first-order chi connectivity index (χ1) is 12.5. The second-order valence-corrected chi connectivity index (χ2v) is 6.29. The van der Waals surface area contributed by atoms with Crippen molar-refractivity contribution in [3.63, 3.8) is 0 Å². The highest BCUT2D eigenvalue weighted by Gasteiger charge is 2.22. The van der Waals surface area contributed by atoms with Gasteiger partial charge in [-0.05, 0) is 12.1 Å². The molecular formula is C18H21N5O3. The van der Waals surface area contributed by atoms with Crippen LogP contribution in [0.2, 0.25) is 0 Å². The molecule has 1 aliphatic heterocycles. The van der Waals surface area contributed by atoms with Crippen molar-refractivity contribution in [3.8, 4) is 11.3 Å². The first-order valence-electron chi connectivity index (χ1n) is 8.32. The van der Waals surface area contributed by atoms with E-state index in [2.05, 4.69) is 14.9 Å². The fourth-order valence-electron chi connectivity index (χ4n) is 2.89. The van der Waals surface area contributed by atoms with Crippen molar-refractivity contribution in [1.82, 2.24) is 19.8 Å². The van der Waals surface area contributed by atoms with Crippen molar-refractivity contribution >= 4 is 17.7 Å². The Kier molecular flexibility index (Phi) is 5.01. The fourth-order valence-corrected chi connectivity index (χ4v) is 2.89. The molecule has 3 rings (SSSR count). The molecule has 0 saturated carbocycles. The zero-order valence-corrected chi connectivity index (χ0v) is 14.8. The van der Waals surface area contributed by atoms with E-state index in [4.69, 9.17) is 5.11 Å². The van der Waals surface area contributed by atoms with E-state index in [0.717, 1.165) is 24.3 Å². The number of piperazine rings is 1. The van der Waals surface area contributed by atoms with Crippen LogP contribution in [0.25, 0.3) is 11.3 Å². The molecule has 1 aromatic carbocycles. The molecule has 1 N–H and O–H groups in total. The molecule has 1 aromatic heterocycles. The third-order valence-corrected chi connectivity index (χ3v) is 4.31. The number of nitrogens with zero attached hydrogens (tertiary/aromatic N) is 5. The van der Waals surface area contributed by atoms with Gasteiger partial charge in [-0.2, -0.15) is 0 Å². The summed E-state index contributed by atoms with van der Waals surface area (Å²) in [6.07, 6.45) is 2.78. The second kappa shape index (κ2) is 7.38. The van der Waals surface area contributed by atoms with Gasteiger partial charge in [0.1, 0.15) is 0 Å². The van der Waals surface area contributed by atoms with E-state index in [-0.39, 0.29) is 11.7 Å². The lowest BCUT2D eigenvalue weighted by Gasteiger charge is -2.37. The number of aromatic nitrogens is 2. The largest absolute Gasteiger partial charge is 0.476 e. The third kappa shape index (κ3) is 3.74. The molecule has 0 atom stereocenters. The predicted molar refractivity (Wildman–Crippen MR) is 97.3 cm³/mol. The van der Waals surface area contributed by atoms with Crippen molar-refractivity contribution in [2.45, 2.75) is 0 Å². The predicted octanol–water partition coefficient (Wildman–Crippen LogP) is 1.65. The maximum Gasteiger partial charge on any atom is 0.356 e. The van der Waals surface area contributed by atoms with Gasteiger partial charge in [0.15, 0.2) is 5.69 Å². The second-order valence-electron chi connectivity index (χ2n) is 6.29. The summed E-state index contributed by atoms with van der Waals surface area (Å²) in [4.78, 5) is 36.7. The van der Waals surface area contributed by atoms with Crippen LogP contribution in [-0.4, -0.2) is 77.1 Å². The molecule has 8 heteroatoms. The minimum Gasteiger partial charge on any atom is -0.476 e. The van der Waals surface area contributed by atoms with Gasteiger partial charge >= 0.3 is 12.0 Å². The number of hydrogen-bond acceptors (Lipinski definition) is 5. The number of carboxylic acid groups (broad SMARTS) is 1. The van der Waals surface area contributed by atoms with Gasteiger partial charge in [-0.1, -0.05) is 12.1 Å². The van der Waals surface area contributed by atoms with Gasteiger partial charge in [-0.25, -0.2) is 14.6 Å². The van der Waals surface area contributed by atoms with Crippen molar-refractivity contribution < 1.29 is 14.7 Å². The van der Waals surface area contributed by atoms with E-state index < -0.39 is 5.97 Å². The molecule has 1 saturated heterocycles. The molecule has 2 amide bonds. The number of carbonyl (C=O) groups is 2. The standard InChI is InChI=1S/C18H21N5O3/c1-21(2)18(26)23-9-7-22(8-10-23)14-5-3-13(4-6-14)15-11-19-12-16(20-15)17(24)25/h3-6,11-12H,7-10H2,1-2H3,(H,24,25). The number of benzene rings is 1. The van der Waals surface area contributed by atoms with Crippen LogP contribution >= 0.6 is 0 Å². The Labute approximate surface area is 151 Å². The van der Waals surface area contributed by atoms with E-state index >= 15 is 0 Å². The quantitative estimate of drug-likeness (QED) is 0.900. The number of hydrogen-bond donors (Lipinski definition) is 1. The molecule has 26 heavy (non-hydrogen) atoms. The molecule has 0 spiro atoms. The smallest absolute Gasteiger partial charge is 0.356 e. The zero-order chi connectivity index (χ0) is 18.7. The summed E-state index contributed by atoms with van der Waals surface area (Å²) in [6.45, 7) is 2.91. The maximum absolute atomic E-state index is 12.0. The van der Waals surface area contributed by atoms with Gasteiger partial charge < -0.3 is 19.8 Å². The molecule has 0 aliphatic carbocycles. The molecule has 8 nitrogen and oxygen atoms in total. The number of carbonyl (C=O) groups excluding carboxylic acids is 1. The minimum atomic E-state index is -1.10. The average molecular weight is 355 g/mol. The van der Waals surface area contributed by atoms with Crippen molar-refractivity contribution in [2.75, 3.05) is 45.2 Å². The molecule has 136 valence electrons. The van der Waals surface area contributed by atoms with Crippen LogP contribution < -0.4 is 4.90 Å². The van der Waals surface area contributed by atoms with Crippen molar-refractivity contribution in [1.29, 1.82) is 0 Å². The number of amides is 2. The van der Waals surface area contributed by atoms with Crippen LogP contribution in [0.15, 0.2) is 36.7 Å². The SMILES string of the molecule is CN(C)C(=O)N1CCN(c2ccc(-c3cncc(C(=O)O)n3)cc2)CC1. The fraction of sp³-hybridized carbons (Fsp3) is 0.333. The number of rotatable bonds is 3. The molecule has 2 aromatic rings. The Morgan fingerprint density at radius 2 is 1.69 bits per heavy atom. The molecule has 0 radical (unpaired) electrons. The summed E-state index contributed by atoms with van der Waals surface area (Å²) < 4.78 is 0. The highest BCUT2D eigenvalue weighted by Crippen LogP contribution is 2.22. The van der Waals surface area contributed by atoms with Crippen LogP contribution in [0.5, 0.6) is 0 Å². The molecule has 2 heterocycles. The lowest BCUT2D eigenvalue weighted by molar-refractivity contribution is 0.0690. The van der Waals surface area contributed by atoms with Crippen LogP contribution in [-0.2, 0) is 0 Å². The van der Waals surface area contributed by atoms with Crippen LogP contribution in [0, 0.1) is 0 Å². The Hall–Kier alpha value is -3.16. The highest BCUT2D eigenvalue weighted by molar-refractivity contribution is 5.85. The first-order valence-corrected chi connectivity index (χ1v) is 8.32. The number of aromatic carboxylic acids is 1. The Balaban J connectivity index is 1.68. The summed E-state index contributed by atoms with van der Waals surface area (Å²) in [7, 11) is 3.52. The molecule has 0 bridgehead atoms. The monoisotopic (exact) mass is 355 g/mol. The molecule has 1 fully saturated rings. The van der Waals surface area contributed by atoms with Gasteiger partial charge in [-0.3, -0.25) is 4.98 Å². The molecular weight excluding hydrogens is 334 g/mol. The van der Waals surface area contributed by atoms with Crippen molar-refractivity contribution in [2.24, 2.45) is 0 Å². The van der Waals surface area contributed by atoms with E-state index in [9.17, 15) is 9.59 Å². The van der Waals surface area contributed by atoms with Gasteiger partial charge in [-0.15, -0.1) is 0 Å². The Morgan fingerprint density at radius 1 is 1.04 bits per heavy atom. The minimum absolute atomic E-state index is 0.0388. The normalized spacial score (nSPS) is 14.2. The van der Waals surface area contributed by atoms with Gasteiger partial charge in [0.2, 0.25) is 0 Å². The third-order valence-electron chi connectivity index (χ3n) is 4.31. The summed E-state index contributed by atoms with van der Waals surface area (Å²) in [5, 5.41) is 9.03. The van der Waals surface area contributed by atoms with E-state index in [1.807, 2.05) is 29.2 Å². The van der Waals surface area contributed by atoms with E-state index in [0.29, 0.717) is 18.8 Å². The van der Waals surface area contributed by atoms with Gasteiger partial charge in [0, 0.05) is 51.5 Å². The lowest BCUT2D eigenvalue weighted by atomic mass is 10.1. The van der Waals surface area contributed by atoms with Crippen molar-refractivity contribution in [3.05, 3.63) is 42.4 Å². The summed E-state index contributed by atoms with van der Waals surface area (Å²) >= 11 is 0. The number of urea groups is 1. The average Bonchev–Trinajstić information content (AvgIpc) is 2.67. The summed E-state index contributed by atoms with van der Waals surface area (Å²) in [5.74, 6) is -1.10. The van der Waals surface area contributed by atoms with Gasteiger partial charge in [0.05, 0.1) is 18.1 Å². The number of anilines is 1. The Morgan fingerprint density at radius 3 is 2.27 bits per heavy atom. The molecule has 0 unspecified atom stereocenters. The highest BCUT2D eigenvalue weighted by atomic mass is 16.4. The van der Waals surface area contributed by atoms with Crippen LogP contribution in [0.1, 0.15) is 10.5 Å². The van der Waals surface area contributed by atoms with E-state index in [1.165, 1.54) is 6.20 Å². The summed E-state index contributed by atoms with van der Waals surface area (Å²) in [5.41, 5.74) is 2.32. The Bertz CT molecular complexity index is 799. The lowest BCUT2D eigenvalue weighted by Crippen LogP contribution is -2.51. The summed E-state index contributed by atoms with van der Waals surface area (Å²) in [6, 6.07) is 7.81. The van der Waals surface area contributed by atoms with Gasteiger partial charge in [0.25, 0.3) is 0 Å². The first kappa shape index (κ1) is 17.7. The maximum atomic E-state index is 12.0.